The molecular formula is C29H37NO. The number of rotatable bonds is 13. The molecule has 0 spiro atoms. The first-order valence-electron chi connectivity index (χ1n) is 12.1. The predicted molar refractivity (Wildman–Crippen MR) is 133 cm³/mol. The Morgan fingerprint density at radius 3 is 1.74 bits per heavy atom. The van der Waals surface area contributed by atoms with Crippen LogP contribution in [0.25, 0.3) is 22.3 Å². The Morgan fingerprint density at radius 2 is 1.13 bits per heavy atom. The number of pyridine rings is 1. The Balaban J connectivity index is 1.53. The van der Waals surface area contributed by atoms with E-state index in [0.717, 1.165) is 25.2 Å². The smallest absolute Gasteiger partial charge is 0.119 e. The molecule has 0 amide bonds. The van der Waals surface area contributed by atoms with Gasteiger partial charge in [0.2, 0.25) is 0 Å². The summed E-state index contributed by atoms with van der Waals surface area (Å²) >= 11 is 0. The third kappa shape index (κ3) is 7.54. The third-order valence-corrected chi connectivity index (χ3v) is 5.78. The molecule has 164 valence electrons. The van der Waals surface area contributed by atoms with Gasteiger partial charge in [0.25, 0.3) is 0 Å². The van der Waals surface area contributed by atoms with Gasteiger partial charge in [0.1, 0.15) is 5.75 Å². The summed E-state index contributed by atoms with van der Waals surface area (Å²) in [6, 6.07) is 21.6. The van der Waals surface area contributed by atoms with E-state index in [4.69, 9.17) is 4.74 Å². The van der Waals surface area contributed by atoms with Gasteiger partial charge in [0.15, 0.2) is 0 Å². The fourth-order valence-corrected chi connectivity index (χ4v) is 3.79. The summed E-state index contributed by atoms with van der Waals surface area (Å²) in [6.45, 7) is 5.27. The molecule has 2 aromatic carbocycles. The van der Waals surface area contributed by atoms with Gasteiger partial charge in [-0.05, 0) is 54.2 Å². The second kappa shape index (κ2) is 12.9. The lowest BCUT2D eigenvalue weighted by atomic mass is 10.0. The lowest BCUT2D eigenvalue weighted by Gasteiger charge is -2.08. The van der Waals surface area contributed by atoms with Crippen molar-refractivity contribution in [2.45, 2.75) is 71.6 Å². The van der Waals surface area contributed by atoms with E-state index in [2.05, 4.69) is 79.5 Å². The minimum absolute atomic E-state index is 0.799. The summed E-state index contributed by atoms with van der Waals surface area (Å²) in [5.74, 6) is 0.952. The highest BCUT2D eigenvalue weighted by Crippen LogP contribution is 2.26. The molecule has 0 N–H and O–H groups in total. The van der Waals surface area contributed by atoms with Crippen LogP contribution in [-0.4, -0.2) is 11.6 Å². The zero-order valence-corrected chi connectivity index (χ0v) is 19.3. The Hall–Kier alpha value is -2.61. The number of hydrogen-bond acceptors (Lipinski definition) is 2. The van der Waals surface area contributed by atoms with Gasteiger partial charge in [-0.2, -0.15) is 0 Å². The summed E-state index contributed by atoms with van der Waals surface area (Å²) in [4.78, 5) is 4.69. The fraction of sp³-hybridized carbons (Fsp3) is 0.414. The van der Waals surface area contributed by atoms with Crippen molar-refractivity contribution in [3.8, 4) is 28.0 Å². The Morgan fingerprint density at radius 1 is 0.581 bits per heavy atom. The molecule has 3 aromatic rings. The van der Waals surface area contributed by atoms with E-state index in [0.29, 0.717) is 0 Å². The molecule has 1 heterocycles. The SMILES string of the molecule is CCCCCCCc1ccc(-c2ccc(-c3ccc(OCCCCC)cc3)cc2)cn1. The van der Waals surface area contributed by atoms with Crippen molar-refractivity contribution in [1.82, 2.24) is 4.98 Å². The molecule has 0 saturated carbocycles. The minimum Gasteiger partial charge on any atom is -0.494 e. The second-order valence-electron chi connectivity index (χ2n) is 8.36. The predicted octanol–water partition coefficient (Wildman–Crippen LogP) is 8.50. The van der Waals surface area contributed by atoms with Crippen molar-refractivity contribution < 1.29 is 4.74 Å². The number of aryl methyl sites for hydroxylation is 1. The topological polar surface area (TPSA) is 22.1 Å². The summed E-state index contributed by atoms with van der Waals surface area (Å²) in [7, 11) is 0. The normalized spacial score (nSPS) is 10.9. The number of aromatic nitrogens is 1. The molecule has 0 bridgehead atoms. The van der Waals surface area contributed by atoms with E-state index < -0.39 is 0 Å². The molecule has 1 aromatic heterocycles. The Kier molecular flexibility index (Phi) is 9.63. The molecule has 0 unspecified atom stereocenters. The van der Waals surface area contributed by atoms with Gasteiger partial charge in [-0.25, -0.2) is 0 Å². The quantitative estimate of drug-likeness (QED) is 0.261. The molecule has 0 aliphatic rings. The lowest BCUT2D eigenvalue weighted by Crippen LogP contribution is -1.96. The first-order chi connectivity index (χ1) is 15.3. The van der Waals surface area contributed by atoms with Crippen LogP contribution >= 0.6 is 0 Å². The molecule has 0 radical (unpaired) electrons. The van der Waals surface area contributed by atoms with Crippen LogP contribution < -0.4 is 4.74 Å². The molecule has 3 rings (SSSR count). The van der Waals surface area contributed by atoms with Crippen LogP contribution in [0.5, 0.6) is 5.75 Å². The largest absolute Gasteiger partial charge is 0.494 e. The first kappa shape index (κ1) is 23.1. The Bertz CT molecular complexity index is 866. The van der Waals surface area contributed by atoms with Crippen LogP contribution in [0.2, 0.25) is 0 Å². The zero-order chi connectivity index (χ0) is 21.7. The first-order valence-corrected chi connectivity index (χ1v) is 12.1. The molecule has 2 nitrogen and oxygen atoms in total. The van der Waals surface area contributed by atoms with E-state index in [1.54, 1.807) is 0 Å². The van der Waals surface area contributed by atoms with E-state index >= 15 is 0 Å². The molecule has 0 aliphatic heterocycles. The van der Waals surface area contributed by atoms with Gasteiger partial charge in [-0.3, -0.25) is 4.98 Å². The highest BCUT2D eigenvalue weighted by molar-refractivity contribution is 5.70. The van der Waals surface area contributed by atoms with Crippen LogP contribution in [0.3, 0.4) is 0 Å². The maximum absolute atomic E-state index is 5.82. The van der Waals surface area contributed by atoms with Crippen molar-refractivity contribution in [2.24, 2.45) is 0 Å². The molecule has 2 heteroatoms. The maximum atomic E-state index is 5.82. The van der Waals surface area contributed by atoms with Gasteiger partial charge in [-0.1, -0.05) is 94.8 Å². The number of ether oxygens (including phenoxy) is 1. The summed E-state index contributed by atoms with van der Waals surface area (Å²) in [5.41, 5.74) is 6.02. The highest BCUT2D eigenvalue weighted by atomic mass is 16.5. The number of nitrogens with zero attached hydrogens (tertiary/aromatic N) is 1. The zero-order valence-electron chi connectivity index (χ0n) is 19.3. The standard InChI is InChI=1S/C29H37NO/c1-3-5-7-8-9-11-28-19-16-27(23-30-28)26-14-12-24(13-15-26)25-17-20-29(21-18-25)31-22-10-6-4-2/h12-21,23H,3-11,22H2,1-2H3. The van der Waals surface area contributed by atoms with Gasteiger partial charge >= 0.3 is 0 Å². The molecular weight excluding hydrogens is 378 g/mol. The molecule has 0 atom stereocenters. The average molecular weight is 416 g/mol. The van der Waals surface area contributed by atoms with Gasteiger partial charge in [-0.15, -0.1) is 0 Å². The van der Waals surface area contributed by atoms with Gasteiger partial charge in [0.05, 0.1) is 6.61 Å². The van der Waals surface area contributed by atoms with Crippen LogP contribution in [0.15, 0.2) is 66.9 Å². The van der Waals surface area contributed by atoms with Gasteiger partial charge in [0, 0.05) is 17.5 Å². The van der Waals surface area contributed by atoms with E-state index in [-0.39, 0.29) is 0 Å². The monoisotopic (exact) mass is 415 g/mol. The van der Waals surface area contributed by atoms with Crippen LogP contribution in [-0.2, 0) is 6.42 Å². The van der Waals surface area contributed by atoms with E-state index in [1.165, 1.54) is 72.9 Å². The number of unbranched alkanes of at least 4 members (excludes halogenated alkanes) is 6. The van der Waals surface area contributed by atoms with Crippen molar-refractivity contribution in [3.05, 3.63) is 72.6 Å². The highest BCUT2D eigenvalue weighted by Gasteiger charge is 2.03. The molecule has 0 fully saturated rings. The van der Waals surface area contributed by atoms with E-state index in [9.17, 15) is 0 Å². The van der Waals surface area contributed by atoms with Crippen molar-refractivity contribution >= 4 is 0 Å². The second-order valence-corrected chi connectivity index (χ2v) is 8.36. The van der Waals surface area contributed by atoms with E-state index in [1.807, 2.05) is 6.20 Å². The summed E-state index contributed by atoms with van der Waals surface area (Å²) in [5, 5.41) is 0. The van der Waals surface area contributed by atoms with Crippen molar-refractivity contribution in [2.75, 3.05) is 6.61 Å². The fourth-order valence-electron chi connectivity index (χ4n) is 3.79. The summed E-state index contributed by atoms with van der Waals surface area (Å²) in [6.07, 6.45) is 13.2. The number of benzene rings is 2. The Labute approximate surface area is 188 Å². The van der Waals surface area contributed by atoms with Crippen LogP contribution in [0.4, 0.5) is 0 Å². The molecule has 0 saturated heterocycles. The van der Waals surface area contributed by atoms with Crippen molar-refractivity contribution in [1.29, 1.82) is 0 Å². The minimum atomic E-state index is 0.799. The van der Waals surface area contributed by atoms with Crippen molar-refractivity contribution in [3.63, 3.8) is 0 Å². The number of hydrogen-bond donors (Lipinski definition) is 0. The average Bonchev–Trinajstić information content (AvgIpc) is 2.83. The van der Waals surface area contributed by atoms with Crippen LogP contribution in [0.1, 0.15) is 70.9 Å². The molecule has 31 heavy (non-hydrogen) atoms. The lowest BCUT2D eigenvalue weighted by molar-refractivity contribution is 0.306. The van der Waals surface area contributed by atoms with Gasteiger partial charge < -0.3 is 4.74 Å². The maximum Gasteiger partial charge on any atom is 0.119 e. The third-order valence-electron chi connectivity index (χ3n) is 5.78. The molecule has 0 aliphatic carbocycles. The van der Waals surface area contributed by atoms with Crippen LogP contribution in [0, 0.1) is 0 Å². The summed E-state index contributed by atoms with van der Waals surface area (Å²) < 4.78 is 5.82.